The number of hydrogen-bond acceptors (Lipinski definition) is 9. The van der Waals surface area contributed by atoms with Crippen molar-refractivity contribution in [2.24, 2.45) is 0 Å². The molecule has 0 spiro atoms. The van der Waals surface area contributed by atoms with Gasteiger partial charge in [-0.05, 0) is 30.5 Å². The molecule has 2 unspecified atom stereocenters. The van der Waals surface area contributed by atoms with Crippen LogP contribution in [0.5, 0.6) is 0 Å². The van der Waals surface area contributed by atoms with Crippen molar-refractivity contribution < 1.29 is 14.7 Å². The summed E-state index contributed by atoms with van der Waals surface area (Å²) in [6.07, 6.45) is 6.05. The number of unbranched alkanes of at least 4 members (excludes halogenated alkanes) is 3. The quantitative estimate of drug-likeness (QED) is 0.153. The van der Waals surface area contributed by atoms with E-state index in [2.05, 4.69) is 40.9 Å². The van der Waals surface area contributed by atoms with Crippen LogP contribution in [0.2, 0.25) is 0 Å². The van der Waals surface area contributed by atoms with Crippen LogP contribution in [-0.2, 0) is 11.2 Å². The van der Waals surface area contributed by atoms with Crippen LogP contribution in [0.4, 0.5) is 5.95 Å². The molecular formula is C22H27N9O4S. The second-order valence-corrected chi connectivity index (χ2v) is 9.60. The summed E-state index contributed by atoms with van der Waals surface area (Å²) in [7, 11) is 0. The number of rotatable bonds is 12. The maximum absolute atomic E-state index is 12.8. The zero-order valence-electron chi connectivity index (χ0n) is 19.6. The summed E-state index contributed by atoms with van der Waals surface area (Å²) in [6.45, 7) is 1.92. The van der Waals surface area contributed by atoms with E-state index in [-0.39, 0.29) is 17.4 Å². The van der Waals surface area contributed by atoms with Crippen molar-refractivity contribution in [3.63, 3.8) is 0 Å². The Balaban J connectivity index is 1.33. The van der Waals surface area contributed by atoms with Crippen molar-refractivity contribution >= 4 is 40.2 Å². The molecule has 0 radical (unpaired) electrons. The molecule has 7 N–H and O–H groups in total. The molecular weight excluding hydrogens is 486 g/mol. The number of tetrazole rings is 1. The summed E-state index contributed by atoms with van der Waals surface area (Å²) in [4.78, 5) is 47.7. The molecule has 4 aromatic rings. The average Bonchev–Trinajstić information content (AvgIpc) is 3.60. The van der Waals surface area contributed by atoms with Gasteiger partial charge in [0.25, 0.3) is 11.5 Å². The van der Waals surface area contributed by atoms with E-state index in [1.54, 1.807) is 12.3 Å². The van der Waals surface area contributed by atoms with Crippen molar-refractivity contribution in [3.8, 4) is 0 Å². The Morgan fingerprint density at radius 1 is 1.22 bits per heavy atom. The number of carbonyl (C=O) groups is 2. The van der Waals surface area contributed by atoms with Crippen LogP contribution in [-0.4, -0.2) is 58.6 Å². The normalized spacial score (nSPS) is 13.0. The lowest BCUT2D eigenvalue weighted by Gasteiger charge is -2.14. The molecule has 190 valence electrons. The standard InChI is InChI=1S/C22H27N9O4S/c1-11(12-10-24-18-17(12)20(33)27-22(23)26-18)14-8-9-15(36-14)19(32)25-13(21(34)35)6-4-2-3-5-7-16-28-30-31-29-16/h8-11,13H,2-7H2,1H3,(H,25,32)(H,34,35)(H,28,29,30,31)(H4,23,24,26,27,33). The van der Waals surface area contributed by atoms with E-state index in [1.165, 1.54) is 11.3 Å². The Morgan fingerprint density at radius 3 is 2.78 bits per heavy atom. The van der Waals surface area contributed by atoms with Crippen molar-refractivity contribution in [3.05, 3.63) is 49.8 Å². The highest BCUT2D eigenvalue weighted by Gasteiger charge is 2.23. The van der Waals surface area contributed by atoms with Crippen LogP contribution in [0.15, 0.2) is 23.1 Å². The van der Waals surface area contributed by atoms with E-state index < -0.39 is 17.9 Å². The van der Waals surface area contributed by atoms with Gasteiger partial charge in [0.2, 0.25) is 5.95 Å². The van der Waals surface area contributed by atoms with Crippen LogP contribution in [0.1, 0.15) is 70.9 Å². The van der Waals surface area contributed by atoms with Gasteiger partial charge in [0, 0.05) is 23.4 Å². The number of carboxylic acid groups (broad SMARTS) is 1. The van der Waals surface area contributed by atoms with E-state index in [0.717, 1.165) is 29.7 Å². The van der Waals surface area contributed by atoms with Gasteiger partial charge < -0.3 is 21.1 Å². The second kappa shape index (κ2) is 11.1. The highest BCUT2D eigenvalue weighted by molar-refractivity contribution is 7.14. The SMILES string of the molecule is CC(c1ccc(C(=O)NC(CCCCCCc2nn[nH]n2)C(=O)O)s1)c1c[nH]c2nc(N)[nH]c(=O)c12. The van der Waals surface area contributed by atoms with Gasteiger partial charge in [-0.15, -0.1) is 21.5 Å². The number of aryl methyl sites for hydroxylation is 1. The van der Waals surface area contributed by atoms with Crippen LogP contribution < -0.4 is 16.6 Å². The number of H-pyrrole nitrogens is 3. The third kappa shape index (κ3) is 5.76. The molecule has 4 rings (SSSR count). The number of thiophene rings is 1. The number of carboxylic acids is 1. The molecule has 0 fully saturated rings. The summed E-state index contributed by atoms with van der Waals surface area (Å²) in [5.41, 5.74) is 6.40. The molecule has 2 atom stereocenters. The fourth-order valence-corrected chi connectivity index (χ4v) is 5.03. The highest BCUT2D eigenvalue weighted by Crippen LogP contribution is 2.33. The Morgan fingerprint density at radius 2 is 2.03 bits per heavy atom. The number of nitrogens with one attached hydrogen (secondary N) is 4. The van der Waals surface area contributed by atoms with Crippen molar-refractivity contribution in [1.29, 1.82) is 0 Å². The number of carbonyl (C=O) groups excluding carboxylic acids is 1. The molecule has 0 aliphatic carbocycles. The van der Waals surface area contributed by atoms with Crippen molar-refractivity contribution in [2.45, 2.75) is 57.4 Å². The first-order valence-corrected chi connectivity index (χ1v) is 12.4. The van der Waals surface area contributed by atoms with E-state index >= 15 is 0 Å². The largest absolute Gasteiger partial charge is 0.480 e. The van der Waals surface area contributed by atoms with Gasteiger partial charge in [-0.1, -0.05) is 31.4 Å². The number of aromatic amines is 3. The van der Waals surface area contributed by atoms with Gasteiger partial charge in [0.1, 0.15) is 11.7 Å². The summed E-state index contributed by atoms with van der Waals surface area (Å²) in [6, 6.07) is 2.50. The average molecular weight is 514 g/mol. The summed E-state index contributed by atoms with van der Waals surface area (Å²) in [5.74, 6) is -1.01. The lowest BCUT2D eigenvalue weighted by atomic mass is 10.0. The number of fused-ring (bicyclic) bond motifs is 1. The maximum Gasteiger partial charge on any atom is 0.326 e. The summed E-state index contributed by atoms with van der Waals surface area (Å²) >= 11 is 1.26. The molecule has 0 aliphatic heterocycles. The van der Waals surface area contributed by atoms with E-state index in [1.807, 2.05) is 13.0 Å². The molecule has 0 saturated carbocycles. The number of aliphatic carboxylic acids is 1. The monoisotopic (exact) mass is 513 g/mol. The minimum absolute atomic E-state index is 0.0282. The molecule has 0 bridgehead atoms. The predicted octanol–water partition coefficient (Wildman–Crippen LogP) is 1.94. The number of anilines is 1. The van der Waals surface area contributed by atoms with E-state index in [9.17, 15) is 19.5 Å². The van der Waals surface area contributed by atoms with Crippen LogP contribution in [0.3, 0.4) is 0 Å². The summed E-state index contributed by atoms with van der Waals surface area (Å²) in [5, 5.41) is 26.3. The molecule has 0 aliphatic rings. The zero-order valence-corrected chi connectivity index (χ0v) is 20.4. The van der Waals surface area contributed by atoms with E-state index in [4.69, 9.17) is 5.73 Å². The fraction of sp³-hybridized carbons (Fsp3) is 0.409. The Labute approximate surface area is 208 Å². The van der Waals surface area contributed by atoms with Crippen molar-refractivity contribution in [1.82, 2.24) is 40.9 Å². The van der Waals surface area contributed by atoms with Gasteiger partial charge in [-0.25, -0.2) is 4.79 Å². The molecule has 4 heterocycles. The number of amides is 1. The van der Waals surface area contributed by atoms with Crippen LogP contribution in [0.25, 0.3) is 11.0 Å². The third-order valence-corrected chi connectivity index (χ3v) is 7.24. The minimum Gasteiger partial charge on any atom is -0.480 e. The van der Waals surface area contributed by atoms with Gasteiger partial charge in [0.15, 0.2) is 5.82 Å². The molecule has 4 aromatic heterocycles. The first-order valence-electron chi connectivity index (χ1n) is 11.6. The van der Waals surface area contributed by atoms with Gasteiger partial charge in [-0.3, -0.25) is 14.6 Å². The van der Waals surface area contributed by atoms with Gasteiger partial charge >= 0.3 is 5.97 Å². The highest BCUT2D eigenvalue weighted by atomic mass is 32.1. The Bertz CT molecular complexity index is 1390. The molecule has 0 aromatic carbocycles. The molecule has 1 amide bonds. The molecule has 0 saturated heterocycles. The van der Waals surface area contributed by atoms with Crippen molar-refractivity contribution in [2.75, 3.05) is 5.73 Å². The number of hydrogen-bond donors (Lipinski definition) is 6. The smallest absolute Gasteiger partial charge is 0.326 e. The third-order valence-electron chi connectivity index (χ3n) is 5.97. The van der Waals surface area contributed by atoms with Crippen LogP contribution in [0, 0.1) is 0 Å². The number of aromatic nitrogens is 7. The van der Waals surface area contributed by atoms with Gasteiger partial charge in [0.05, 0.1) is 10.3 Å². The molecule has 13 nitrogen and oxygen atoms in total. The fourth-order valence-electron chi connectivity index (χ4n) is 4.04. The predicted molar refractivity (Wildman–Crippen MR) is 133 cm³/mol. The minimum atomic E-state index is -1.06. The van der Waals surface area contributed by atoms with E-state index in [0.29, 0.717) is 41.0 Å². The number of nitrogen functional groups attached to an aromatic ring is 1. The van der Waals surface area contributed by atoms with Gasteiger partial charge in [-0.2, -0.15) is 10.2 Å². The second-order valence-electron chi connectivity index (χ2n) is 8.49. The zero-order chi connectivity index (χ0) is 25.7. The lowest BCUT2D eigenvalue weighted by molar-refractivity contribution is -0.139. The first kappa shape index (κ1) is 25.0. The topological polar surface area (TPSA) is 208 Å². The summed E-state index contributed by atoms with van der Waals surface area (Å²) < 4.78 is 0. The number of nitrogens with zero attached hydrogens (tertiary/aromatic N) is 4. The Hall–Kier alpha value is -4.07. The molecule has 36 heavy (non-hydrogen) atoms. The lowest BCUT2D eigenvalue weighted by Crippen LogP contribution is -2.40. The Kier molecular flexibility index (Phi) is 7.73. The maximum atomic E-state index is 12.8. The number of nitrogens with two attached hydrogens (primary N) is 1. The first-order chi connectivity index (χ1) is 17.3. The van der Waals surface area contributed by atoms with Crippen LogP contribution >= 0.6 is 11.3 Å². The molecule has 14 heteroatoms.